The van der Waals surface area contributed by atoms with E-state index in [0.29, 0.717) is 0 Å². The lowest BCUT2D eigenvalue weighted by Crippen LogP contribution is -2.29. The molecule has 0 aromatic carbocycles. The van der Waals surface area contributed by atoms with Gasteiger partial charge in [-0.3, -0.25) is 0 Å². The molecule has 3 nitrogen and oxygen atoms in total. The molecular weight excluding hydrogens is 186 g/mol. The molecule has 92 valence electrons. The fourth-order valence-electron chi connectivity index (χ4n) is 1.61. The molecule has 5 N–H and O–H groups in total. The Hall–Kier alpha value is -0.120. The van der Waals surface area contributed by atoms with E-state index in [9.17, 15) is 0 Å². The van der Waals surface area contributed by atoms with Crippen LogP contribution < -0.4 is 16.8 Å². The number of unbranched alkanes of at least 4 members (excludes halogenated alkanes) is 2. The summed E-state index contributed by atoms with van der Waals surface area (Å²) in [7, 11) is 0. The normalized spacial score (nSPS) is 16.8. The van der Waals surface area contributed by atoms with Gasteiger partial charge in [-0.25, -0.2) is 0 Å². The maximum absolute atomic E-state index is 5.31. The van der Waals surface area contributed by atoms with Crippen molar-refractivity contribution in [2.45, 2.75) is 64.5 Å². The molecule has 1 aliphatic rings. The minimum atomic E-state index is -0.0958. The van der Waals surface area contributed by atoms with Crippen molar-refractivity contribution in [2.24, 2.45) is 11.5 Å². The van der Waals surface area contributed by atoms with Crippen molar-refractivity contribution in [1.82, 2.24) is 5.32 Å². The molecule has 0 aliphatic carbocycles. The van der Waals surface area contributed by atoms with Gasteiger partial charge in [0, 0.05) is 0 Å². The van der Waals surface area contributed by atoms with Crippen molar-refractivity contribution in [3.63, 3.8) is 0 Å². The third-order valence-corrected chi connectivity index (χ3v) is 2.60. The van der Waals surface area contributed by atoms with Gasteiger partial charge in [-0.05, 0) is 32.4 Å². The van der Waals surface area contributed by atoms with Crippen LogP contribution >= 0.6 is 0 Å². The van der Waals surface area contributed by atoms with E-state index in [1.807, 2.05) is 0 Å². The molecule has 1 heterocycles. The summed E-state index contributed by atoms with van der Waals surface area (Å²) >= 11 is 0. The average molecular weight is 215 g/mol. The summed E-state index contributed by atoms with van der Waals surface area (Å²) in [5.74, 6) is 0. The lowest BCUT2D eigenvalue weighted by Gasteiger charge is -2.01. The quantitative estimate of drug-likeness (QED) is 0.496. The Morgan fingerprint density at radius 3 is 2.07 bits per heavy atom. The third-order valence-electron chi connectivity index (χ3n) is 2.60. The summed E-state index contributed by atoms with van der Waals surface area (Å²) in [6.45, 7) is 4.67. The van der Waals surface area contributed by atoms with Crippen LogP contribution in [0.25, 0.3) is 0 Å². The summed E-state index contributed by atoms with van der Waals surface area (Å²) in [5, 5.41) is 3.35. The first kappa shape index (κ1) is 14.9. The molecule has 1 rings (SSSR count). The fraction of sp³-hybridized carbons (Fsp3) is 1.00. The molecule has 1 aliphatic heterocycles. The van der Waals surface area contributed by atoms with E-state index >= 15 is 0 Å². The molecule has 3 heteroatoms. The summed E-state index contributed by atoms with van der Waals surface area (Å²) < 4.78 is 0. The summed E-state index contributed by atoms with van der Waals surface area (Å²) in [6, 6.07) is 0. The Bertz CT molecular complexity index is 95.8. The van der Waals surface area contributed by atoms with Crippen LogP contribution in [0.4, 0.5) is 0 Å². The van der Waals surface area contributed by atoms with Crippen molar-refractivity contribution >= 4 is 0 Å². The zero-order chi connectivity index (χ0) is 11.4. The Morgan fingerprint density at radius 1 is 1.00 bits per heavy atom. The van der Waals surface area contributed by atoms with Crippen LogP contribution in [0, 0.1) is 0 Å². The minimum Gasteiger partial charge on any atom is -0.317 e. The summed E-state index contributed by atoms with van der Waals surface area (Å²) in [5.41, 5.74) is 10.6. The van der Waals surface area contributed by atoms with E-state index in [-0.39, 0.29) is 6.17 Å². The molecule has 0 saturated carbocycles. The van der Waals surface area contributed by atoms with Crippen molar-refractivity contribution < 1.29 is 0 Å². The van der Waals surface area contributed by atoms with E-state index in [1.165, 1.54) is 58.0 Å². The molecule has 0 unspecified atom stereocenters. The van der Waals surface area contributed by atoms with Gasteiger partial charge in [0.25, 0.3) is 0 Å². The van der Waals surface area contributed by atoms with Crippen LogP contribution in [0.3, 0.4) is 0 Å². The van der Waals surface area contributed by atoms with Gasteiger partial charge in [0.1, 0.15) is 0 Å². The molecule has 0 aromatic rings. The highest BCUT2D eigenvalue weighted by Crippen LogP contribution is 2.00. The lowest BCUT2D eigenvalue weighted by molar-refractivity contribution is 0.575. The van der Waals surface area contributed by atoms with E-state index in [0.717, 1.165) is 6.42 Å². The molecule has 1 fully saturated rings. The zero-order valence-electron chi connectivity index (χ0n) is 10.3. The van der Waals surface area contributed by atoms with Gasteiger partial charge in [-0.2, -0.15) is 0 Å². The molecule has 0 spiro atoms. The van der Waals surface area contributed by atoms with Crippen LogP contribution in [-0.2, 0) is 0 Å². The average Bonchev–Trinajstić information content (AvgIpc) is 2.50. The Balaban J connectivity index is 0.000000262. The fourth-order valence-corrected chi connectivity index (χ4v) is 1.61. The van der Waals surface area contributed by atoms with Crippen LogP contribution in [0.5, 0.6) is 0 Å². The highest BCUT2D eigenvalue weighted by Gasteiger charge is 1.94. The van der Waals surface area contributed by atoms with Crippen LogP contribution in [-0.4, -0.2) is 19.3 Å². The first-order chi connectivity index (χ1) is 7.27. The van der Waals surface area contributed by atoms with Gasteiger partial charge in [-0.1, -0.05) is 39.0 Å². The van der Waals surface area contributed by atoms with Crippen molar-refractivity contribution in [1.29, 1.82) is 0 Å². The molecule has 0 radical (unpaired) electrons. The monoisotopic (exact) mass is 215 g/mol. The van der Waals surface area contributed by atoms with Gasteiger partial charge >= 0.3 is 0 Å². The molecule has 0 bridgehead atoms. The van der Waals surface area contributed by atoms with E-state index < -0.39 is 0 Å². The number of nitrogens with two attached hydrogens (primary N) is 2. The largest absolute Gasteiger partial charge is 0.317 e. The Kier molecular flexibility index (Phi) is 11.9. The van der Waals surface area contributed by atoms with Gasteiger partial charge in [0.15, 0.2) is 0 Å². The van der Waals surface area contributed by atoms with Gasteiger partial charge in [0.05, 0.1) is 6.17 Å². The molecule has 0 amide bonds. The van der Waals surface area contributed by atoms with Crippen molar-refractivity contribution in [2.75, 3.05) is 13.1 Å². The standard InChI is InChI=1S/C6H16N2.C6H13N/c1-2-3-4-5-6(7)8;1-2-4-6-7-5-3-1/h6H,2-5,7-8H2,1H3;7H,1-6H2. The van der Waals surface area contributed by atoms with Gasteiger partial charge in [0.2, 0.25) is 0 Å². The van der Waals surface area contributed by atoms with Crippen molar-refractivity contribution in [3.8, 4) is 0 Å². The molecular formula is C12H29N3. The minimum absolute atomic E-state index is 0.0958. The second kappa shape index (κ2) is 12.0. The second-order valence-corrected chi connectivity index (χ2v) is 4.32. The summed E-state index contributed by atoms with van der Waals surface area (Å²) in [6.07, 6.45) is 10.2. The number of rotatable bonds is 4. The highest BCUT2D eigenvalue weighted by molar-refractivity contribution is 4.54. The molecule has 15 heavy (non-hydrogen) atoms. The van der Waals surface area contributed by atoms with Crippen LogP contribution in [0.2, 0.25) is 0 Å². The number of nitrogens with one attached hydrogen (secondary N) is 1. The highest BCUT2D eigenvalue weighted by atomic mass is 14.8. The van der Waals surface area contributed by atoms with E-state index in [4.69, 9.17) is 11.5 Å². The molecule has 0 atom stereocenters. The SMILES string of the molecule is C1CCCNCC1.CCCCCC(N)N. The topological polar surface area (TPSA) is 64.1 Å². The maximum atomic E-state index is 5.31. The van der Waals surface area contributed by atoms with Crippen LogP contribution in [0.15, 0.2) is 0 Å². The van der Waals surface area contributed by atoms with Gasteiger partial charge < -0.3 is 16.8 Å². The van der Waals surface area contributed by atoms with Crippen molar-refractivity contribution in [3.05, 3.63) is 0 Å². The molecule has 1 saturated heterocycles. The Morgan fingerprint density at radius 2 is 1.60 bits per heavy atom. The Labute approximate surface area is 95.0 Å². The number of hydrogen-bond acceptors (Lipinski definition) is 3. The third kappa shape index (κ3) is 13.9. The number of hydrogen-bond donors (Lipinski definition) is 3. The second-order valence-electron chi connectivity index (χ2n) is 4.32. The zero-order valence-corrected chi connectivity index (χ0v) is 10.3. The molecule has 0 aromatic heterocycles. The first-order valence-electron chi connectivity index (χ1n) is 6.49. The summed E-state index contributed by atoms with van der Waals surface area (Å²) in [4.78, 5) is 0. The predicted molar refractivity (Wildman–Crippen MR) is 67.6 cm³/mol. The van der Waals surface area contributed by atoms with Crippen LogP contribution in [0.1, 0.15) is 58.3 Å². The van der Waals surface area contributed by atoms with E-state index in [1.54, 1.807) is 0 Å². The lowest BCUT2D eigenvalue weighted by atomic mass is 10.2. The maximum Gasteiger partial charge on any atom is 0.0520 e. The smallest absolute Gasteiger partial charge is 0.0520 e. The van der Waals surface area contributed by atoms with E-state index in [2.05, 4.69) is 12.2 Å². The first-order valence-corrected chi connectivity index (χ1v) is 6.49. The predicted octanol–water partition coefficient (Wildman–Crippen LogP) is 1.96. The van der Waals surface area contributed by atoms with Gasteiger partial charge in [-0.15, -0.1) is 0 Å².